The molecule has 1 aliphatic heterocycles. The number of urea groups is 1. The molecule has 0 spiro atoms. The summed E-state index contributed by atoms with van der Waals surface area (Å²) < 4.78 is 0. The van der Waals surface area contributed by atoms with Crippen molar-refractivity contribution in [3.05, 3.63) is 120 Å². The first-order chi connectivity index (χ1) is 19.6. The average molecular weight is 526 g/mol. The molecule has 1 aliphatic rings. The van der Waals surface area contributed by atoms with Gasteiger partial charge in [-0.1, -0.05) is 72.7 Å². The largest absolute Gasteiger partial charge is 0.337 e. The zero-order valence-corrected chi connectivity index (χ0v) is 21.7. The third-order valence-corrected chi connectivity index (χ3v) is 6.98. The summed E-state index contributed by atoms with van der Waals surface area (Å²) in [4.78, 5) is 27.5. The molecule has 2 heterocycles. The fraction of sp³-hybridized carbons (Fsp3) is 0.121. The van der Waals surface area contributed by atoms with Crippen molar-refractivity contribution in [2.75, 3.05) is 18.4 Å². The van der Waals surface area contributed by atoms with Crippen LogP contribution in [0.15, 0.2) is 103 Å². The molecule has 7 nitrogen and oxygen atoms in total. The van der Waals surface area contributed by atoms with Crippen LogP contribution in [0.4, 0.5) is 10.5 Å². The molecule has 3 amide bonds. The molecule has 3 N–H and O–H groups in total. The van der Waals surface area contributed by atoms with Crippen molar-refractivity contribution in [2.45, 2.75) is 12.5 Å². The minimum Gasteiger partial charge on any atom is -0.337 e. The van der Waals surface area contributed by atoms with Crippen LogP contribution < -0.4 is 10.6 Å². The summed E-state index contributed by atoms with van der Waals surface area (Å²) in [7, 11) is 0. The van der Waals surface area contributed by atoms with E-state index < -0.39 is 0 Å². The number of fused-ring (bicyclic) bond motifs is 1. The number of benzene rings is 4. The lowest BCUT2D eigenvalue weighted by Crippen LogP contribution is -2.40. The number of likely N-dealkylation sites (tertiary alicyclic amines) is 1. The van der Waals surface area contributed by atoms with Gasteiger partial charge in [-0.25, -0.2) is 4.79 Å². The Labute approximate surface area is 232 Å². The van der Waals surface area contributed by atoms with Gasteiger partial charge in [0.05, 0.1) is 5.52 Å². The number of nitrogens with zero attached hydrogens (tertiary/aromatic N) is 2. The lowest BCUT2D eigenvalue weighted by molar-refractivity contribution is 0.0789. The van der Waals surface area contributed by atoms with Gasteiger partial charge in [0.15, 0.2) is 0 Å². The van der Waals surface area contributed by atoms with Gasteiger partial charge in [-0.2, -0.15) is 5.10 Å². The van der Waals surface area contributed by atoms with E-state index in [2.05, 4.69) is 50.9 Å². The Balaban J connectivity index is 1.17. The summed E-state index contributed by atoms with van der Waals surface area (Å²) >= 11 is 0. The Bertz CT molecular complexity index is 1730. The maximum Gasteiger partial charge on any atom is 0.319 e. The molecule has 6 rings (SSSR count). The zero-order valence-electron chi connectivity index (χ0n) is 21.7. The van der Waals surface area contributed by atoms with Crippen molar-refractivity contribution < 1.29 is 9.59 Å². The lowest BCUT2D eigenvalue weighted by atomic mass is 10.00. The monoisotopic (exact) mass is 525 g/mol. The van der Waals surface area contributed by atoms with Crippen molar-refractivity contribution in [3.8, 4) is 23.0 Å². The Kier molecular flexibility index (Phi) is 6.97. The highest BCUT2D eigenvalue weighted by atomic mass is 16.2. The van der Waals surface area contributed by atoms with Crippen LogP contribution >= 0.6 is 0 Å². The first kappa shape index (κ1) is 25.0. The molecular weight excluding hydrogens is 498 g/mol. The first-order valence-electron chi connectivity index (χ1n) is 13.2. The fourth-order valence-electron chi connectivity index (χ4n) is 4.95. The van der Waals surface area contributed by atoms with Crippen LogP contribution in [-0.4, -0.2) is 46.2 Å². The average Bonchev–Trinajstić information content (AvgIpc) is 3.63. The number of anilines is 1. The molecule has 40 heavy (non-hydrogen) atoms. The van der Waals surface area contributed by atoms with Gasteiger partial charge in [0.1, 0.15) is 5.69 Å². The van der Waals surface area contributed by atoms with Gasteiger partial charge in [0.25, 0.3) is 5.91 Å². The highest BCUT2D eigenvalue weighted by Crippen LogP contribution is 2.24. The molecule has 1 aromatic heterocycles. The quantitative estimate of drug-likeness (QED) is 0.264. The smallest absolute Gasteiger partial charge is 0.319 e. The second-order valence-electron chi connectivity index (χ2n) is 9.70. The molecule has 0 radical (unpaired) electrons. The van der Waals surface area contributed by atoms with Crippen LogP contribution in [0.1, 0.15) is 28.0 Å². The minimum atomic E-state index is -0.276. The minimum absolute atomic E-state index is 0.0794. The molecule has 5 aromatic rings. The van der Waals surface area contributed by atoms with Crippen LogP contribution in [0, 0.1) is 11.8 Å². The number of para-hydroxylation sites is 1. The summed E-state index contributed by atoms with van der Waals surface area (Å²) in [5.41, 5.74) is 5.76. The third kappa shape index (κ3) is 5.42. The molecule has 1 atom stereocenters. The predicted octanol–water partition coefficient (Wildman–Crippen LogP) is 5.67. The third-order valence-electron chi connectivity index (χ3n) is 6.98. The zero-order chi connectivity index (χ0) is 27.3. The molecule has 1 fully saturated rings. The normalized spacial score (nSPS) is 14.4. The van der Waals surface area contributed by atoms with Crippen LogP contribution in [0.2, 0.25) is 0 Å². The van der Waals surface area contributed by atoms with E-state index >= 15 is 0 Å². The number of rotatable bonds is 4. The van der Waals surface area contributed by atoms with E-state index in [1.807, 2.05) is 78.9 Å². The first-order valence-corrected chi connectivity index (χ1v) is 13.2. The van der Waals surface area contributed by atoms with Crippen molar-refractivity contribution >= 4 is 28.5 Å². The standard InChI is InChI=1S/C33H27N5O2/c39-32(38-20-19-27(22-38)35-33(40)34-26-12-5-2-6-13-26)25-16-18-31-29(21-25)30(36-37-31)17-15-24-11-7-8-14-28(24)23-9-3-1-4-10-23/h1-14,16,18,21,27H,19-20,22H2,(H,36,37)(H2,34,35,40)/t27-/m0/s1. The number of amides is 3. The van der Waals surface area contributed by atoms with E-state index in [0.717, 1.165) is 33.3 Å². The van der Waals surface area contributed by atoms with Gasteiger partial charge in [-0.05, 0) is 59.9 Å². The number of aromatic amines is 1. The van der Waals surface area contributed by atoms with E-state index in [4.69, 9.17) is 0 Å². The Morgan fingerprint density at radius 3 is 2.45 bits per heavy atom. The number of carbonyl (C=O) groups excluding carboxylic acids is 2. The highest BCUT2D eigenvalue weighted by Gasteiger charge is 2.28. The fourth-order valence-corrected chi connectivity index (χ4v) is 4.95. The van der Waals surface area contributed by atoms with E-state index in [9.17, 15) is 9.59 Å². The number of hydrogen-bond donors (Lipinski definition) is 3. The Hall–Kier alpha value is -5.35. The Morgan fingerprint density at radius 2 is 1.62 bits per heavy atom. The Morgan fingerprint density at radius 1 is 0.875 bits per heavy atom. The van der Waals surface area contributed by atoms with Crippen LogP contribution in [0.5, 0.6) is 0 Å². The molecule has 0 bridgehead atoms. The molecule has 0 saturated carbocycles. The van der Waals surface area contributed by atoms with Gasteiger partial charge in [-0.3, -0.25) is 9.89 Å². The van der Waals surface area contributed by atoms with E-state index in [0.29, 0.717) is 30.8 Å². The van der Waals surface area contributed by atoms with E-state index in [1.54, 1.807) is 11.0 Å². The summed E-state index contributed by atoms with van der Waals surface area (Å²) in [5.74, 6) is 6.40. The van der Waals surface area contributed by atoms with Crippen LogP contribution in [0.3, 0.4) is 0 Å². The van der Waals surface area contributed by atoms with Gasteiger partial charge in [-0.15, -0.1) is 0 Å². The second-order valence-corrected chi connectivity index (χ2v) is 9.70. The molecule has 4 aromatic carbocycles. The highest BCUT2D eigenvalue weighted by molar-refractivity contribution is 5.99. The second kappa shape index (κ2) is 11.2. The van der Waals surface area contributed by atoms with Crippen molar-refractivity contribution in [3.63, 3.8) is 0 Å². The van der Waals surface area contributed by atoms with Crippen molar-refractivity contribution in [2.24, 2.45) is 0 Å². The van der Waals surface area contributed by atoms with Crippen LogP contribution in [0.25, 0.3) is 22.0 Å². The molecular formula is C33H27N5O2. The molecule has 0 aliphatic carbocycles. The lowest BCUT2D eigenvalue weighted by Gasteiger charge is -2.17. The molecule has 196 valence electrons. The number of H-pyrrole nitrogens is 1. The molecule has 0 unspecified atom stereocenters. The summed E-state index contributed by atoms with van der Waals surface area (Å²) in [6.45, 7) is 1.02. The van der Waals surface area contributed by atoms with Gasteiger partial charge < -0.3 is 15.5 Å². The number of carbonyl (C=O) groups is 2. The SMILES string of the molecule is O=C(Nc1ccccc1)N[C@H]1CCN(C(=O)c2ccc3[nH]nc(C#Cc4ccccc4-c4ccccc4)c3c2)C1. The van der Waals surface area contributed by atoms with Gasteiger partial charge >= 0.3 is 6.03 Å². The molecule has 1 saturated heterocycles. The summed E-state index contributed by atoms with van der Waals surface area (Å²) in [5, 5.41) is 14.0. The topological polar surface area (TPSA) is 90.1 Å². The summed E-state index contributed by atoms with van der Waals surface area (Å²) in [6, 6.07) is 32.6. The van der Waals surface area contributed by atoms with Crippen LogP contribution in [-0.2, 0) is 0 Å². The summed E-state index contributed by atoms with van der Waals surface area (Å²) in [6.07, 6.45) is 0.694. The predicted molar refractivity (Wildman–Crippen MR) is 157 cm³/mol. The maximum atomic E-state index is 13.4. The van der Waals surface area contributed by atoms with E-state index in [-0.39, 0.29) is 18.0 Å². The van der Waals surface area contributed by atoms with Gasteiger partial charge in [0, 0.05) is 41.3 Å². The van der Waals surface area contributed by atoms with E-state index in [1.165, 1.54) is 0 Å². The van der Waals surface area contributed by atoms with Gasteiger partial charge in [0.2, 0.25) is 0 Å². The number of hydrogen-bond acceptors (Lipinski definition) is 3. The molecule has 7 heteroatoms. The maximum absolute atomic E-state index is 13.4. The van der Waals surface area contributed by atoms with Crippen molar-refractivity contribution in [1.29, 1.82) is 0 Å². The number of nitrogens with one attached hydrogen (secondary N) is 3. The van der Waals surface area contributed by atoms with Crippen molar-refractivity contribution in [1.82, 2.24) is 20.4 Å². The number of aromatic nitrogens is 2.